The Morgan fingerprint density at radius 2 is 2.09 bits per heavy atom. The van der Waals surface area contributed by atoms with Crippen LogP contribution in [0.5, 0.6) is 0 Å². The van der Waals surface area contributed by atoms with E-state index in [1.807, 2.05) is 13.8 Å². The zero-order valence-corrected chi connectivity index (χ0v) is 19.6. The molecule has 1 amide bonds. The number of sulfone groups is 1. The first-order chi connectivity index (χ1) is 15.2. The van der Waals surface area contributed by atoms with Gasteiger partial charge in [0.1, 0.15) is 11.3 Å². The molecule has 3 aromatic rings. The molecular formula is C20H23N5O5S2. The second-order valence-corrected chi connectivity index (χ2v) is 10.8. The molecule has 0 spiro atoms. The summed E-state index contributed by atoms with van der Waals surface area (Å²) in [7, 11) is -3.21. The van der Waals surface area contributed by atoms with E-state index in [1.54, 1.807) is 11.4 Å². The van der Waals surface area contributed by atoms with Crippen LogP contribution >= 0.6 is 11.3 Å². The summed E-state index contributed by atoms with van der Waals surface area (Å²) in [6, 6.07) is 0. The van der Waals surface area contributed by atoms with E-state index in [9.17, 15) is 18.0 Å². The van der Waals surface area contributed by atoms with Crippen LogP contribution in [-0.2, 0) is 38.0 Å². The molecule has 170 valence electrons. The van der Waals surface area contributed by atoms with Gasteiger partial charge in [-0.05, 0) is 44.7 Å². The first-order valence-corrected chi connectivity index (χ1v) is 12.8. The van der Waals surface area contributed by atoms with Crippen LogP contribution in [0.4, 0.5) is 5.00 Å². The zero-order chi connectivity index (χ0) is 23.0. The Hall–Kier alpha value is -2.86. The summed E-state index contributed by atoms with van der Waals surface area (Å²) >= 11 is 1.13. The lowest BCUT2D eigenvalue weighted by atomic mass is 10.1. The van der Waals surface area contributed by atoms with E-state index < -0.39 is 15.8 Å². The minimum absolute atomic E-state index is 0.0210. The van der Waals surface area contributed by atoms with Gasteiger partial charge < -0.3 is 10.1 Å². The Morgan fingerprint density at radius 3 is 2.84 bits per heavy atom. The molecule has 4 heterocycles. The number of hydrogen-bond donors (Lipinski definition) is 1. The van der Waals surface area contributed by atoms with Gasteiger partial charge in [-0.3, -0.25) is 4.79 Å². The molecule has 1 aliphatic rings. The number of hydrogen-bond acceptors (Lipinski definition) is 9. The number of anilines is 1. The number of thiophene rings is 1. The molecule has 0 aliphatic carbocycles. The van der Waals surface area contributed by atoms with Gasteiger partial charge in [0.15, 0.2) is 9.84 Å². The monoisotopic (exact) mass is 477 g/mol. The first-order valence-electron chi connectivity index (χ1n) is 10.2. The lowest BCUT2D eigenvalue weighted by Crippen LogP contribution is -2.20. The van der Waals surface area contributed by atoms with Gasteiger partial charge in [-0.15, -0.1) is 11.3 Å². The third kappa shape index (κ3) is 4.24. The van der Waals surface area contributed by atoms with Gasteiger partial charge in [0.2, 0.25) is 5.91 Å². The van der Waals surface area contributed by atoms with Crippen molar-refractivity contribution in [3.05, 3.63) is 39.3 Å². The van der Waals surface area contributed by atoms with Gasteiger partial charge >= 0.3 is 5.97 Å². The predicted molar refractivity (Wildman–Crippen MR) is 119 cm³/mol. The molecule has 3 aromatic heterocycles. The lowest BCUT2D eigenvalue weighted by Gasteiger charge is -2.13. The van der Waals surface area contributed by atoms with Crippen molar-refractivity contribution in [3.8, 4) is 0 Å². The summed E-state index contributed by atoms with van der Waals surface area (Å²) in [5, 5.41) is 7.30. The van der Waals surface area contributed by atoms with E-state index in [-0.39, 0.29) is 42.4 Å². The normalized spacial score (nSPS) is 14.8. The van der Waals surface area contributed by atoms with E-state index in [2.05, 4.69) is 20.4 Å². The number of aromatic nitrogens is 4. The van der Waals surface area contributed by atoms with Crippen LogP contribution in [0.15, 0.2) is 6.33 Å². The smallest absolute Gasteiger partial charge is 0.341 e. The molecule has 0 unspecified atom stereocenters. The Bertz CT molecular complexity index is 1330. The van der Waals surface area contributed by atoms with Gasteiger partial charge in [0.05, 0.1) is 23.7 Å². The number of esters is 1. The van der Waals surface area contributed by atoms with E-state index in [4.69, 9.17) is 4.74 Å². The summed E-state index contributed by atoms with van der Waals surface area (Å²) < 4.78 is 30.9. The van der Waals surface area contributed by atoms with Crippen molar-refractivity contribution in [1.82, 2.24) is 19.6 Å². The van der Waals surface area contributed by atoms with Crippen LogP contribution in [0, 0.1) is 13.8 Å². The Labute approximate surface area is 188 Å². The Kier molecular flexibility index (Phi) is 5.99. The standard InChI is InChI=1S/C20H23N5O5S2/c1-4-30-19(27)17-14-7-8-32(28,29)9-15(14)31-18(17)24-16(26)6-5-13-11(2)23-20-21-10-22-25(20)12(13)3/h10H,4-9H2,1-3H3,(H,24,26). The largest absolute Gasteiger partial charge is 0.462 e. The highest BCUT2D eigenvalue weighted by Crippen LogP contribution is 2.38. The number of amides is 1. The number of aryl methyl sites for hydroxylation is 2. The fourth-order valence-corrected chi connectivity index (χ4v) is 6.93. The lowest BCUT2D eigenvalue weighted by molar-refractivity contribution is -0.116. The third-order valence-electron chi connectivity index (χ3n) is 5.43. The second-order valence-electron chi connectivity index (χ2n) is 7.55. The van der Waals surface area contributed by atoms with Gasteiger partial charge in [-0.25, -0.2) is 22.7 Å². The van der Waals surface area contributed by atoms with Gasteiger partial charge in [0.25, 0.3) is 5.78 Å². The third-order valence-corrected chi connectivity index (χ3v) is 8.31. The molecule has 0 saturated carbocycles. The predicted octanol–water partition coefficient (Wildman–Crippen LogP) is 2.02. The summed E-state index contributed by atoms with van der Waals surface area (Å²) in [5.74, 6) is -0.475. The molecule has 0 fully saturated rings. The van der Waals surface area contributed by atoms with Crippen LogP contribution < -0.4 is 5.32 Å². The van der Waals surface area contributed by atoms with Crippen molar-refractivity contribution in [3.63, 3.8) is 0 Å². The number of rotatable bonds is 6. The van der Waals surface area contributed by atoms with Crippen molar-refractivity contribution in [2.75, 3.05) is 17.7 Å². The molecule has 1 aliphatic heterocycles. The van der Waals surface area contributed by atoms with Crippen LogP contribution in [0.25, 0.3) is 5.78 Å². The van der Waals surface area contributed by atoms with Crippen LogP contribution in [0.3, 0.4) is 0 Å². The van der Waals surface area contributed by atoms with Crippen molar-refractivity contribution in [2.45, 2.75) is 45.8 Å². The van der Waals surface area contributed by atoms with Crippen molar-refractivity contribution in [2.24, 2.45) is 0 Å². The number of fused-ring (bicyclic) bond motifs is 2. The maximum Gasteiger partial charge on any atom is 0.341 e. The average Bonchev–Trinajstić information content (AvgIpc) is 3.31. The molecule has 0 bridgehead atoms. The van der Waals surface area contributed by atoms with Gasteiger partial charge in [-0.1, -0.05) is 0 Å². The molecule has 0 saturated heterocycles. The molecular weight excluding hydrogens is 454 g/mol. The highest BCUT2D eigenvalue weighted by atomic mass is 32.2. The van der Waals surface area contributed by atoms with Gasteiger partial charge in [-0.2, -0.15) is 10.1 Å². The molecule has 10 nitrogen and oxygen atoms in total. The minimum atomic E-state index is -3.21. The molecule has 4 rings (SSSR count). The number of carbonyl (C=O) groups excluding carboxylic acids is 2. The first kappa shape index (κ1) is 22.3. The summed E-state index contributed by atoms with van der Waals surface area (Å²) in [4.78, 5) is 34.4. The van der Waals surface area contributed by atoms with E-state index >= 15 is 0 Å². The number of nitrogens with one attached hydrogen (secondary N) is 1. The molecule has 0 aromatic carbocycles. The fourth-order valence-electron chi connectivity index (χ4n) is 3.87. The zero-order valence-electron chi connectivity index (χ0n) is 18.0. The maximum atomic E-state index is 12.8. The summed E-state index contributed by atoms with van der Waals surface area (Å²) in [6.45, 7) is 5.65. The fraction of sp³-hybridized carbons (Fsp3) is 0.450. The van der Waals surface area contributed by atoms with Crippen LogP contribution in [0.2, 0.25) is 0 Å². The Morgan fingerprint density at radius 1 is 1.31 bits per heavy atom. The number of nitrogens with zero attached hydrogens (tertiary/aromatic N) is 4. The molecule has 12 heteroatoms. The highest BCUT2D eigenvalue weighted by Gasteiger charge is 2.32. The van der Waals surface area contributed by atoms with Crippen LogP contribution in [-0.4, -0.2) is 52.2 Å². The van der Waals surface area contributed by atoms with E-state index in [1.165, 1.54) is 6.33 Å². The number of ether oxygens (including phenoxy) is 1. The van der Waals surface area contributed by atoms with Crippen LogP contribution in [0.1, 0.15) is 51.1 Å². The SMILES string of the molecule is CCOC(=O)c1c(NC(=O)CCc2c(C)nc3ncnn3c2C)sc2c1CCS(=O)(=O)C2. The van der Waals surface area contributed by atoms with Gasteiger partial charge in [0, 0.05) is 22.7 Å². The molecule has 0 atom stereocenters. The molecule has 32 heavy (non-hydrogen) atoms. The molecule has 1 N–H and O–H groups in total. The highest BCUT2D eigenvalue weighted by molar-refractivity contribution is 7.90. The average molecular weight is 478 g/mol. The Balaban J connectivity index is 1.56. The summed E-state index contributed by atoms with van der Waals surface area (Å²) in [6.07, 6.45) is 2.26. The summed E-state index contributed by atoms with van der Waals surface area (Å²) in [5.41, 5.74) is 3.47. The van der Waals surface area contributed by atoms with Crippen molar-refractivity contribution < 1.29 is 22.7 Å². The van der Waals surface area contributed by atoms with Crippen molar-refractivity contribution in [1.29, 1.82) is 0 Å². The quantitative estimate of drug-likeness (QED) is 0.533. The topological polar surface area (TPSA) is 133 Å². The second kappa shape index (κ2) is 8.58. The maximum absolute atomic E-state index is 12.8. The van der Waals surface area contributed by atoms with E-state index in [0.29, 0.717) is 27.6 Å². The minimum Gasteiger partial charge on any atom is -0.462 e. The molecule has 0 radical (unpaired) electrons. The van der Waals surface area contributed by atoms with E-state index in [0.717, 1.165) is 28.3 Å². The van der Waals surface area contributed by atoms with Crippen molar-refractivity contribution >= 4 is 43.8 Å². The number of carbonyl (C=O) groups is 2.